The molecule has 0 saturated carbocycles. The average Bonchev–Trinajstić information content (AvgIpc) is 2.61. The lowest BCUT2D eigenvalue weighted by molar-refractivity contribution is 0.282. The third-order valence-electron chi connectivity index (χ3n) is 4.71. The fourth-order valence-electron chi connectivity index (χ4n) is 3.32. The minimum atomic E-state index is 0.263. The molecule has 2 aromatic rings. The van der Waals surface area contributed by atoms with Crippen LogP contribution in [0.15, 0.2) is 48.5 Å². The lowest BCUT2D eigenvalue weighted by Crippen LogP contribution is -2.23. The van der Waals surface area contributed by atoms with Gasteiger partial charge in [-0.25, -0.2) is 0 Å². The van der Waals surface area contributed by atoms with Crippen molar-refractivity contribution < 1.29 is 9.47 Å². The van der Waals surface area contributed by atoms with Gasteiger partial charge in [-0.3, -0.25) is 0 Å². The van der Waals surface area contributed by atoms with E-state index in [1.165, 1.54) is 30.4 Å². The van der Waals surface area contributed by atoms with Gasteiger partial charge in [-0.1, -0.05) is 51.0 Å². The summed E-state index contributed by atoms with van der Waals surface area (Å²) < 4.78 is 10.5. The maximum atomic E-state index is 5.27. The molecule has 0 N–H and O–H groups in total. The topological polar surface area (TPSA) is 18.5 Å². The molecule has 130 valence electrons. The quantitative estimate of drug-likeness (QED) is 0.590. The Morgan fingerprint density at radius 2 is 1.17 bits per heavy atom. The van der Waals surface area contributed by atoms with E-state index >= 15 is 0 Å². The molecule has 2 rings (SSSR count). The van der Waals surface area contributed by atoms with Crippen LogP contribution in [0.1, 0.15) is 44.2 Å². The molecule has 0 aliphatic heterocycles. The van der Waals surface area contributed by atoms with Crippen LogP contribution in [0, 0.1) is 5.41 Å². The minimum absolute atomic E-state index is 0.263. The first-order valence-corrected chi connectivity index (χ1v) is 8.84. The molecule has 0 heterocycles. The fraction of sp³-hybridized carbons (Fsp3) is 0.455. The zero-order valence-electron chi connectivity index (χ0n) is 15.5. The second-order valence-electron chi connectivity index (χ2n) is 6.96. The van der Waals surface area contributed by atoms with E-state index in [0.29, 0.717) is 0 Å². The van der Waals surface area contributed by atoms with Crippen molar-refractivity contribution in [3.05, 3.63) is 59.7 Å². The maximum Gasteiger partial charge on any atom is 0.118 e. The molecule has 0 amide bonds. The van der Waals surface area contributed by atoms with Gasteiger partial charge in [0.25, 0.3) is 0 Å². The Balaban J connectivity index is 2.13. The van der Waals surface area contributed by atoms with E-state index in [9.17, 15) is 0 Å². The van der Waals surface area contributed by atoms with Crippen LogP contribution >= 0.6 is 0 Å². The second kappa shape index (κ2) is 8.77. The molecule has 24 heavy (non-hydrogen) atoms. The van der Waals surface area contributed by atoms with E-state index in [1.54, 1.807) is 14.2 Å². The molecule has 0 fully saturated rings. The van der Waals surface area contributed by atoms with Gasteiger partial charge in [0.1, 0.15) is 11.5 Å². The standard InChI is InChI=1S/C22H30O2/c1-5-6-15-22(2,16-18-7-11-20(23-3)12-8-18)17-19-9-13-21(24-4)14-10-19/h7-14H,5-6,15-17H2,1-4H3. The smallest absolute Gasteiger partial charge is 0.118 e. The van der Waals surface area contributed by atoms with Crippen molar-refractivity contribution in [1.29, 1.82) is 0 Å². The highest BCUT2D eigenvalue weighted by atomic mass is 16.5. The molecule has 2 nitrogen and oxygen atoms in total. The Bertz CT molecular complexity index is 549. The summed E-state index contributed by atoms with van der Waals surface area (Å²) in [5.74, 6) is 1.84. The van der Waals surface area contributed by atoms with Gasteiger partial charge in [0, 0.05) is 0 Å². The number of hydrogen-bond donors (Lipinski definition) is 0. The highest BCUT2D eigenvalue weighted by molar-refractivity contribution is 5.30. The first-order chi connectivity index (χ1) is 11.6. The normalized spacial score (nSPS) is 11.3. The third kappa shape index (κ3) is 5.30. The van der Waals surface area contributed by atoms with Crippen LogP contribution < -0.4 is 9.47 Å². The number of methoxy groups -OCH3 is 2. The van der Waals surface area contributed by atoms with Gasteiger partial charge in [0.05, 0.1) is 14.2 Å². The fourth-order valence-corrected chi connectivity index (χ4v) is 3.32. The zero-order chi connectivity index (χ0) is 17.4. The van der Waals surface area contributed by atoms with E-state index in [2.05, 4.69) is 62.4 Å². The second-order valence-corrected chi connectivity index (χ2v) is 6.96. The molecule has 0 aliphatic rings. The maximum absolute atomic E-state index is 5.27. The highest BCUT2D eigenvalue weighted by Gasteiger charge is 2.24. The molecule has 0 aromatic heterocycles. The Hall–Kier alpha value is -1.96. The van der Waals surface area contributed by atoms with E-state index in [0.717, 1.165) is 24.3 Å². The van der Waals surface area contributed by atoms with Gasteiger partial charge < -0.3 is 9.47 Å². The predicted molar refractivity (Wildman–Crippen MR) is 101 cm³/mol. The van der Waals surface area contributed by atoms with Crippen LogP contribution in [0.4, 0.5) is 0 Å². The Morgan fingerprint density at radius 1 is 0.750 bits per heavy atom. The molecule has 0 spiro atoms. The lowest BCUT2D eigenvalue weighted by Gasteiger charge is -2.30. The lowest BCUT2D eigenvalue weighted by atomic mass is 9.75. The van der Waals surface area contributed by atoms with Crippen molar-refractivity contribution in [1.82, 2.24) is 0 Å². The summed E-state index contributed by atoms with van der Waals surface area (Å²) in [6.07, 6.45) is 5.91. The molecule has 0 radical (unpaired) electrons. The highest BCUT2D eigenvalue weighted by Crippen LogP contribution is 2.34. The monoisotopic (exact) mass is 326 g/mol. The van der Waals surface area contributed by atoms with Crippen LogP contribution in [0.5, 0.6) is 11.5 Å². The average molecular weight is 326 g/mol. The predicted octanol–water partition coefficient (Wildman–Crippen LogP) is 5.69. The number of benzene rings is 2. The van der Waals surface area contributed by atoms with E-state index in [4.69, 9.17) is 9.47 Å². The Morgan fingerprint density at radius 3 is 1.50 bits per heavy atom. The molecule has 0 aliphatic carbocycles. The number of rotatable bonds is 9. The molecule has 0 saturated heterocycles. The van der Waals surface area contributed by atoms with Crippen molar-refractivity contribution in [2.24, 2.45) is 5.41 Å². The van der Waals surface area contributed by atoms with Crippen molar-refractivity contribution in [2.45, 2.75) is 46.0 Å². The first kappa shape index (κ1) is 18.4. The van der Waals surface area contributed by atoms with Crippen LogP contribution in [0.3, 0.4) is 0 Å². The molecule has 0 bridgehead atoms. The SMILES string of the molecule is CCCCC(C)(Cc1ccc(OC)cc1)Cc1ccc(OC)cc1. The van der Waals surface area contributed by atoms with Crippen molar-refractivity contribution >= 4 is 0 Å². The van der Waals surface area contributed by atoms with Crippen molar-refractivity contribution in [2.75, 3.05) is 14.2 Å². The summed E-state index contributed by atoms with van der Waals surface area (Å²) in [7, 11) is 3.42. The minimum Gasteiger partial charge on any atom is -0.497 e. The molecule has 2 aromatic carbocycles. The van der Waals surface area contributed by atoms with Gasteiger partial charge >= 0.3 is 0 Å². The van der Waals surface area contributed by atoms with Gasteiger partial charge in [0.2, 0.25) is 0 Å². The summed E-state index contributed by atoms with van der Waals surface area (Å²) in [6.45, 7) is 4.68. The summed E-state index contributed by atoms with van der Waals surface area (Å²) >= 11 is 0. The van der Waals surface area contributed by atoms with Gasteiger partial charge in [0.15, 0.2) is 0 Å². The van der Waals surface area contributed by atoms with Crippen LogP contribution in [0.2, 0.25) is 0 Å². The Kier molecular flexibility index (Phi) is 6.72. The van der Waals surface area contributed by atoms with Crippen LogP contribution in [-0.2, 0) is 12.8 Å². The van der Waals surface area contributed by atoms with E-state index in [1.807, 2.05) is 0 Å². The van der Waals surface area contributed by atoms with Crippen molar-refractivity contribution in [3.8, 4) is 11.5 Å². The third-order valence-corrected chi connectivity index (χ3v) is 4.71. The summed E-state index contributed by atoms with van der Waals surface area (Å²) in [5, 5.41) is 0. The van der Waals surface area contributed by atoms with Gasteiger partial charge in [-0.05, 0) is 60.1 Å². The van der Waals surface area contributed by atoms with E-state index < -0.39 is 0 Å². The molecular formula is C22H30O2. The van der Waals surface area contributed by atoms with Crippen LogP contribution in [-0.4, -0.2) is 14.2 Å². The number of ether oxygens (including phenoxy) is 2. The van der Waals surface area contributed by atoms with E-state index in [-0.39, 0.29) is 5.41 Å². The summed E-state index contributed by atoms with van der Waals surface area (Å²) in [5.41, 5.74) is 3.02. The summed E-state index contributed by atoms with van der Waals surface area (Å²) in [6, 6.07) is 17.0. The molecule has 0 atom stereocenters. The van der Waals surface area contributed by atoms with Gasteiger partial charge in [-0.15, -0.1) is 0 Å². The molecular weight excluding hydrogens is 296 g/mol. The Labute approximate surface area is 146 Å². The first-order valence-electron chi connectivity index (χ1n) is 8.84. The molecule has 0 unspecified atom stereocenters. The van der Waals surface area contributed by atoms with Crippen molar-refractivity contribution in [3.63, 3.8) is 0 Å². The summed E-state index contributed by atoms with van der Waals surface area (Å²) in [4.78, 5) is 0. The zero-order valence-corrected chi connectivity index (χ0v) is 15.5. The van der Waals surface area contributed by atoms with Gasteiger partial charge in [-0.2, -0.15) is 0 Å². The largest absolute Gasteiger partial charge is 0.497 e. The number of unbranched alkanes of at least 4 members (excludes halogenated alkanes) is 1. The number of hydrogen-bond acceptors (Lipinski definition) is 2. The molecule has 2 heteroatoms. The van der Waals surface area contributed by atoms with Crippen LogP contribution in [0.25, 0.3) is 0 Å².